The summed E-state index contributed by atoms with van der Waals surface area (Å²) >= 11 is 0. The molecule has 1 saturated carbocycles. The number of amides is 1. The lowest BCUT2D eigenvalue weighted by Crippen LogP contribution is -2.56. The van der Waals surface area contributed by atoms with E-state index in [1.165, 1.54) is 37.1 Å². The number of carbonyl (C=O) groups excluding carboxylic acids is 1. The molecule has 1 unspecified atom stereocenters. The van der Waals surface area contributed by atoms with Gasteiger partial charge in [-0.1, -0.05) is 33.1 Å². The second-order valence-corrected chi connectivity index (χ2v) is 10.9. The monoisotopic (exact) mass is 475 g/mol. The van der Waals surface area contributed by atoms with E-state index in [-0.39, 0.29) is 11.8 Å². The van der Waals surface area contributed by atoms with E-state index in [1.807, 2.05) is 24.5 Å². The smallest absolute Gasteiger partial charge is 0.223 e. The number of hydrogen-bond donors (Lipinski definition) is 1. The first-order chi connectivity index (χ1) is 17.2. The molecule has 35 heavy (non-hydrogen) atoms. The Hall–Kier alpha value is -2.34. The molecule has 3 aliphatic heterocycles. The lowest BCUT2D eigenvalue weighted by Gasteiger charge is -2.50. The van der Waals surface area contributed by atoms with E-state index in [0.29, 0.717) is 23.8 Å². The lowest BCUT2D eigenvalue weighted by atomic mass is 9.73. The van der Waals surface area contributed by atoms with Crippen molar-refractivity contribution in [3.8, 4) is 11.4 Å². The number of rotatable bonds is 8. The number of pyridine rings is 1. The van der Waals surface area contributed by atoms with Crippen LogP contribution in [0.25, 0.3) is 11.4 Å². The van der Waals surface area contributed by atoms with Crippen LogP contribution in [0.1, 0.15) is 94.9 Å². The Balaban J connectivity index is 1.32. The van der Waals surface area contributed by atoms with Crippen LogP contribution in [-0.2, 0) is 4.79 Å². The first-order valence-corrected chi connectivity index (χ1v) is 14.0. The third-order valence-corrected chi connectivity index (χ3v) is 8.85. The SMILES string of the molecule is CCC(CC)c1cc([C@H]2CN3CC[C@H]2C[C@@H]3CNC(=O)C2CCCCC2)nc(-c2ccncc2)n1. The van der Waals surface area contributed by atoms with Gasteiger partial charge >= 0.3 is 0 Å². The molecule has 1 amide bonds. The third kappa shape index (κ3) is 5.42. The van der Waals surface area contributed by atoms with Crippen LogP contribution in [-0.4, -0.2) is 51.4 Å². The Labute approximate surface area is 210 Å². The van der Waals surface area contributed by atoms with E-state index in [0.717, 1.165) is 63.1 Å². The molecular weight excluding hydrogens is 434 g/mol. The highest BCUT2D eigenvalue weighted by Gasteiger charge is 2.41. The summed E-state index contributed by atoms with van der Waals surface area (Å²) in [5.74, 6) is 2.87. The fourth-order valence-electron chi connectivity index (χ4n) is 6.63. The average molecular weight is 476 g/mol. The number of nitrogens with one attached hydrogen (secondary N) is 1. The van der Waals surface area contributed by atoms with Crippen molar-refractivity contribution in [2.45, 2.75) is 89.5 Å². The minimum absolute atomic E-state index is 0.239. The molecule has 2 bridgehead atoms. The third-order valence-electron chi connectivity index (χ3n) is 8.85. The zero-order valence-electron chi connectivity index (χ0n) is 21.5. The van der Waals surface area contributed by atoms with Gasteiger partial charge in [-0.3, -0.25) is 14.7 Å². The number of piperidine rings is 3. The van der Waals surface area contributed by atoms with Crippen LogP contribution < -0.4 is 5.32 Å². The summed E-state index contributed by atoms with van der Waals surface area (Å²) in [5.41, 5.74) is 3.42. The van der Waals surface area contributed by atoms with Crippen molar-refractivity contribution >= 4 is 5.91 Å². The van der Waals surface area contributed by atoms with Crippen LogP contribution >= 0.6 is 0 Å². The van der Waals surface area contributed by atoms with Gasteiger partial charge in [-0.25, -0.2) is 9.97 Å². The van der Waals surface area contributed by atoms with Gasteiger partial charge in [0.05, 0.1) is 0 Å². The Bertz CT molecular complexity index is 986. The van der Waals surface area contributed by atoms with Gasteiger partial charge in [0.2, 0.25) is 5.91 Å². The van der Waals surface area contributed by atoms with Gasteiger partial charge < -0.3 is 5.32 Å². The van der Waals surface area contributed by atoms with Gasteiger partial charge in [-0.05, 0) is 69.2 Å². The van der Waals surface area contributed by atoms with Gasteiger partial charge in [0.1, 0.15) is 0 Å². The number of hydrogen-bond acceptors (Lipinski definition) is 5. The van der Waals surface area contributed by atoms with Crippen LogP contribution in [0.5, 0.6) is 0 Å². The molecule has 3 saturated heterocycles. The molecule has 188 valence electrons. The predicted octanol–water partition coefficient (Wildman–Crippen LogP) is 5.32. The first kappa shape index (κ1) is 24.4. The molecule has 2 aromatic heterocycles. The van der Waals surface area contributed by atoms with Crippen molar-refractivity contribution in [1.82, 2.24) is 25.2 Å². The molecule has 6 nitrogen and oxygen atoms in total. The molecule has 1 N–H and O–H groups in total. The van der Waals surface area contributed by atoms with Crippen LogP contribution in [0, 0.1) is 11.8 Å². The average Bonchev–Trinajstić information content (AvgIpc) is 2.93. The van der Waals surface area contributed by atoms with Crippen LogP contribution in [0.3, 0.4) is 0 Å². The van der Waals surface area contributed by atoms with Gasteiger partial charge in [0.15, 0.2) is 5.82 Å². The first-order valence-electron chi connectivity index (χ1n) is 14.0. The molecule has 0 aromatic carbocycles. The summed E-state index contributed by atoms with van der Waals surface area (Å²) in [6, 6.07) is 6.78. The van der Waals surface area contributed by atoms with E-state index in [2.05, 4.69) is 35.1 Å². The molecule has 4 fully saturated rings. The van der Waals surface area contributed by atoms with E-state index < -0.39 is 0 Å². The maximum absolute atomic E-state index is 12.7. The summed E-state index contributed by atoms with van der Waals surface area (Å²) in [6.45, 7) is 7.46. The predicted molar refractivity (Wildman–Crippen MR) is 139 cm³/mol. The maximum Gasteiger partial charge on any atom is 0.223 e. The van der Waals surface area contributed by atoms with E-state index in [1.54, 1.807) is 0 Å². The van der Waals surface area contributed by atoms with E-state index >= 15 is 0 Å². The minimum Gasteiger partial charge on any atom is -0.354 e. The van der Waals surface area contributed by atoms with Crippen LogP contribution in [0.4, 0.5) is 0 Å². The number of carbonyl (C=O) groups is 1. The summed E-state index contributed by atoms with van der Waals surface area (Å²) < 4.78 is 0. The molecule has 0 spiro atoms. The normalized spacial score (nSPS) is 26.7. The van der Waals surface area contributed by atoms with Crippen molar-refractivity contribution in [3.63, 3.8) is 0 Å². The summed E-state index contributed by atoms with van der Waals surface area (Å²) in [7, 11) is 0. The molecule has 0 radical (unpaired) electrons. The largest absolute Gasteiger partial charge is 0.354 e. The molecule has 1 aliphatic carbocycles. The topological polar surface area (TPSA) is 71.0 Å². The summed E-state index contributed by atoms with van der Waals surface area (Å²) in [6.07, 6.45) is 14.0. The Morgan fingerprint density at radius 2 is 1.86 bits per heavy atom. The van der Waals surface area contributed by atoms with Gasteiger partial charge in [0.25, 0.3) is 0 Å². The number of nitrogens with zero attached hydrogens (tertiary/aromatic N) is 4. The molecular formula is C29H41N5O. The maximum atomic E-state index is 12.7. The van der Waals surface area contributed by atoms with Gasteiger partial charge in [0, 0.05) is 66.2 Å². The molecule has 6 heteroatoms. The van der Waals surface area contributed by atoms with Gasteiger partial charge in [-0.2, -0.15) is 0 Å². The fraction of sp³-hybridized carbons (Fsp3) is 0.655. The molecule has 4 atom stereocenters. The Morgan fingerprint density at radius 3 is 2.54 bits per heavy atom. The van der Waals surface area contributed by atoms with Crippen molar-refractivity contribution in [1.29, 1.82) is 0 Å². The van der Waals surface area contributed by atoms with Gasteiger partial charge in [-0.15, -0.1) is 0 Å². The van der Waals surface area contributed by atoms with Crippen LogP contribution in [0.2, 0.25) is 0 Å². The molecule has 2 aromatic rings. The standard InChI is InChI=1S/C29H41N5O/c1-3-20(4-2)26-17-27(33-28(32-26)21-10-13-30-14-11-21)25-19-34-15-12-23(25)16-24(34)18-31-29(35)22-8-6-5-7-9-22/h10-11,13-14,17,20,22-25H,3-9,12,15-16,18-19H2,1-2H3,(H,31,35)/t23-,24+,25-/m0/s1. The Morgan fingerprint density at radius 1 is 1.09 bits per heavy atom. The second kappa shape index (κ2) is 11.2. The lowest BCUT2D eigenvalue weighted by molar-refractivity contribution is -0.126. The summed E-state index contributed by atoms with van der Waals surface area (Å²) in [4.78, 5) is 29.6. The second-order valence-electron chi connectivity index (χ2n) is 10.9. The quantitative estimate of drug-likeness (QED) is 0.560. The van der Waals surface area contributed by atoms with Crippen molar-refractivity contribution in [3.05, 3.63) is 42.0 Å². The van der Waals surface area contributed by atoms with E-state index in [4.69, 9.17) is 9.97 Å². The zero-order valence-corrected chi connectivity index (χ0v) is 21.5. The highest BCUT2D eigenvalue weighted by Crippen LogP contribution is 2.42. The van der Waals surface area contributed by atoms with Crippen molar-refractivity contribution in [2.75, 3.05) is 19.6 Å². The van der Waals surface area contributed by atoms with Crippen LogP contribution in [0.15, 0.2) is 30.6 Å². The number of fused-ring (bicyclic) bond motifs is 3. The molecule has 4 aliphatic rings. The summed E-state index contributed by atoms with van der Waals surface area (Å²) in [5, 5.41) is 3.32. The molecule has 5 heterocycles. The fourth-order valence-corrected chi connectivity index (χ4v) is 6.63. The van der Waals surface area contributed by atoms with E-state index in [9.17, 15) is 4.79 Å². The Kier molecular flexibility index (Phi) is 7.76. The van der Waals surface area contributed by atoms with Crippen molar-refractivity contribution < 1.29 is 4.79 Å². The van der Waals surface area contributed by atoms with Crippen molar-refractivity contribution in [2.24, 2.45) is 11.8 Å². The highest BCUT2D eigenvalue weighted by molar-refractivity contribution is 5.78. The highest BCUT2D eigenvalue weighted by atomic mass is 16.1. The number of aromatic nitrogens is 3. The zero-order chi connectivity index (χ0) is 24.2. The molecule has 6 rings (SSSR count). The minimum atomic E-state index is 0.239.